The summed E-state index contributed by atoms with van der Waals surface area (Å²) < 4.78 is 0.796. The van der Waals surface area contributed by atoms with Crippen LogP contribution in [0.3, 0.4) is 0 Å². The van der Waals surface area contributed by atoms with E-state index < -0.39 is 17.4 Å². The van der Waals surface area contributed by atoms with Gasteiger partial charge in [0.05, 0.1) is 11.1 Å². The number of carbonyl (C=O) groups excluding carboxylic acids is 2. The number of amides is 2. The highest BCUT2D eigenvalue weighted by Gasteiger charge is 2.38. The van der Waals surface area contributed by atoms with Crippen LogP contribution in [0.4, 0.5) is 0 Å². The van der Waals surface area contributed by atoms with Crippen LogP contribution in [0.15, 0.2) is 47.3 Å². The minimum absolute atomic E-state index is 0.0768. The highest BCUT2D eigenvalue weighted by atomic mass is 16.2. The maximum atomic E-state index is 12.3. The van der Waals surface area contributed by atoms with Gasteiger partial charge in [0.25, 0.3) is 17.4 Å². The molecule has 0 fully saturated rings. The summed E-state index contributed by atoms with van der Waals surface area (Å²) in [6.07, 6.45) is 0. The van der Waals surface area contributed by atoms with Crippen molar-refractivity contribution in [3.05, 3.63) is 69.6 Å². The van der Waals surface area contributed by atoms with Crippen LogP contribution in [0.2, 0.25) is 0 Å². The molecule has 0 radical (unpaired) electrons. The molecule has 0 unspecified atom stereocenters. The Morgan fingerprint density at radius 1 is 0.850 bits per heavy atom. The van der Waals surface area contributed by atoms with E-state index in [1.54, 1.807) is 18.2 Å². The number of nitriles is 1. The SMILES string of the molecule is N#Cc1cccc(=O)n1N1C(=O)c2ccccc2C1=O. The van der Waals surface area contributed by atoms with Crippen LogP contribution in [0.1, 0.15) is 26.4 Å². The Hall–Kier alpha value is -3.20. The van der Waals surface area contributed by atoms with Crippen molar-refractivity contribution in [2.75, 3.05) is 5.01 Å². The molecule has 6 nitrogen and oxygen atoms in total. The van der Waals surface area contributed by atoms with Gasteiger partial charge in [-0.25, -0.2) is 0 Å². The highest BCUT2D eigenvalue weighted by molar-refractivity contribution is 6.30. The minimum atomic E-state index is -0.615. The van der Waals surface area contributed by atoms with Crippen molar-refractivity contribution >= 4 is 11.8 Å². The van der Waals surface area contributed by atoms with Gasteiger partial charge in [-0.2, -0.15) is 14.9 Å². The van der Waals surface area contributed by atoms with E-state index in [1.807, 2.05) is 0 Å². The van der Waals surface area contributed by atoms with Crippen molar-refractivity contribution in [1.82, 2.24) is 4.68 Å². The zero-order valence-corrected chi connectivity index (χ0v) is 10.1. The summed E-state index contributed by atoms with van der Waals surface area (Å²) in [5, 5.41) is 9.73. The number of pyridine rings is 1. The number of nitrogens with zero attached hydrogens (tertiary/aromatic N) is 3. The van der Waals surface area contributed by atoms with Crippen LogP contribution < -0.4 is 10.6 Å². The molecular formula is C14H7N3O3. The molecule has 6 heteroatoms. The lowest BCUT2D eigenvalue weighted by Gasteiger charge is -2.17. The minimum Gasteiger partial charge on any atom is -0.267 e. The van der Waals surface area contributed by atoms with Gasteiger partial charge in [-0.15, -0.1) is 0 Å². The molecule has 0 saturated carbocycles. The second-order valence-corrected chi connectivity index (χ2v) is 4.14. The van der Waals surface area contributed by atoms with Crippen LogP contribution in [0, 0.1) is 11.3 Å². The lowest BCUT2D eigenvalue weighted by atomic mass is 10.1. The van der Waals surface area contributed by atoms with Crippen LogP contribution >= 0.6 is 0 Å². The quantitative estimate of drug-likeness (QED) is 0.709. The van der Waals surface area contributed by atoms with Crippen molar-refractivity contribution in [2.24, 2.45) is 0 Å². The van der Waals surface area contributed by atoms with Gasteiger partial charge in [0.1, 0.15) is 11.8 Å². The Labute approximate surface area is 113 Å². The smallest absolute Gasteiger partial charge is 0.267 e. The fourth-order valence-corrected chi connectivity index (χ4v) is 2.13. The molecule has 0 spiro atoms. The molecule has 0 saturated heterocycles. The summed E-state index contributed by atoms with van der Waals surface area (Å²) >= 11 is 0. The van der Waals surface area contributed by atoms with Crippen molar-refractivity contribution < 1.29 is 9.59 Å². The predicted octanol–water partition coefficient (Wildman–Crippen LogP) is 0.652. The van der Waals surface area contributed by atoms with Crippen molar-refractivity contribution in [3.63, 3.8) is 0 Å². The molecule has 2 aromatic rings. The topological polar surface area (TPSA) is 83.2 Å². The van der Waals surface area contributed by atoms with E-state index in [9.17, 15) is 14.4 Å². The molecule has 2 amide bonds. The molecule has 3 rings (SSSR count). The van der Waals surface area contributed by atoms with E-state index in [-0.39, 0.29) is 16.8 Å². The number of aromatic nitrogens is 1. The number of rotatable bonds is 1. The monoisotopic (exact) mass is 265 g/mol. The average molecular weight is 265 g/mol. The molecule has 0 atom stereocenters. The summed E-state index contributed by atoms with van der Waals surface area (Å²) in [5.41, 5.74) is -0.250. The Kier molecular flexibility index (Phi) is 2.48. The van der Waals surface area contributed by atoms with Gasteiger partial charge in [0, 0.05) is 6.07 Å². The van der Waals surface area contributed by atoms with Crippen LogP contribution in [-0.2, 0) is 0 Å². The number of fused-ring (bicyclic) bond motifs is 1. The van der Waals surface area contributed by atoms with Gasteiger partial charge < -0.3 is 0 Å². The molecule has 1 aliphatic heterocycles. The van der Waals surface area contributed by atoms with Gasteiger partial charge in [0.2, 0.25) is 0 Å². The first-order valence-corrected chi connectivity index (χ1v) is 5.75. The fourth-order valence-electron chi connectivity index (χ4n) is 2.13. The van der Waals surface area contributed by atoms with E-state index in [4.69, 9.17) is 5.26 Å². The fraction of sp³-hybridized carbons (Fsp3) is 0. The van der Waals surface area contributed by atoms with Crippen molar-refractivity contribution in [1.29, 1.82) is 5.26 Å². The molecule has 20 heavy (non-hydrogen) atoms. The molecule has 1 aromatic carbocycles. The summed E-state index contributed by atoms with van der Waals surface area (Å²) in [6.45, 7) is 0. The van der Waals surface area contributed by atoms with Crippen molar-refractivity contribution in [3.8, 4) is 6.07 Å². The average Bonchev–Trinajstić information content (AvgIpc) is 2.72. The summed E-state index contributed by atoms with van der Waals surface area (Å²) in [7, 11) is 0. The highest BCUT2D eigenvalue weighted by Crippen LogP contribution is 2.21. The van der Waals surface area contributed by atoms with Crippen molar-refractivity contribution in [2.45, 2.75) is 0 Å². The molecule has 0 aliphatic carbocycles. The second-order valence-electron chi connectivity index (χ2n) is 4.14. The van der Waals surface area contributed by atoms with Crippen LogP contribution in [-0.4, -0.2) is 16.5 Å². The van der Waals surface area contributed by atoms with Gasteiger partial charge >= 0.3 is 0 Å². The molecular weight excluding hydrogens is 258 g/mol. The predicted molar refractivity (Wildman–Crippen MR) is 68.7 cm³/mol. The van der Waals surface area contributed by atoms with Gasteiger partial charge in [-0.3, -0.25) is 14.4 Å². The summed E-state index contributed by atoms with van der Waals surface area (Å²) in [4.78, 5) is 36.4. The van der Waals surface area contributed by atoms with E-state index in [0.717, 1.165) is 4.68 Å². The van der Waals surface area contributed by atoms with E-state index in [0.29, 0.717) is 5.01 Å². The first-order chi connectivity index (χ1) is 9.65. The largest absolute Gasteiger partial charge is 0.281 e. The van der Waals surface area contributed by atoms with Crippen LogP contribution in [0.5, 0.6) is 0 Å². The Balaban J connectivity index is 2.25. The normalized spacial score (nSPS) is 13.2. The van der Waals surface area contributed by atoms with Gasteiger partial charge in [-0.1, -0.05) is 18.2 Å². The zero-order chi connectivity index (χ0) is 14.3. The molecule has 0 bridgehead atoms. The molecule has 1 aromatic heterocycles. The lowest BCUT2D eigenvalue weighted by Crippen LogP contribution is -2.47. The number of benzene rings is 1. The first kappa shape index (κ1) is 11.9. The van der Waals surface area contributed by atoms with Gasteiger partial charge in [-0.05, 0) is 18.2 Å². The maximum absolute atomic E-state index is 12.3. The zero-order valence-electron chi connectivity index (χ0n) is 10.1. The number of hydrogen-bond donors (Lipinski definition) is 0. The third kappa shape index (κ3) is 1.47. The number of carbonyl (C=O) groups is 2. The molecule has 0 N–H and O–H groups in total. The first-order valence-electron chi connectivity index (χ1n) is 5.75. The Morgan fingerprint density at radius 3 is 2.00 bits per heavy atom. The Bertz CT molecular complexity index is 810. The Morgan fingerprint density at radius 2 is 1.45 bits per heavy atom. The second kappa shape index (κ2) is 4.17. The van der Waals surface area contributed by atoms with E-state index >= 15 is 0 Å². The van der Waals surface area contributed by atoms with E-state index in [1.165, 1.54) is 30.3 Å². The summed E-state index contributed by atoms with van der Waals surface area (Å²) in [6, 6.07) is 12.0. The number of hydrogen-bond acceptors (Lipinski definition) is 4. The maximum Gasteiger partial charge on any atom is 0.281 e. The third-order valence-electron chi connectivity index (χ3n) is 3.02. The third-order valence-corrected chi connectivity index (χ3v) is 3.02. The van der Waals surface area contributed by atoms with Crippen LogP contribution in [0.25, 0.3) is 0 Å². The lowest BCUT2D eigenvalue weighted by molar-refractivity contribution is 0.0883. The number of imide groups is 1. The van der Waals surface area contributed by atoms with E-state index in [2.05, 4.69) is 0 Å². The summed E-state index contributed by atoms with van der Waals surface area (Å²) in [5.74, 6) is -1.23. The molecule has 1 aliphatic rings. The standard InChI is InChI=1S/C14H7N3O3/c15-8-9-4-3-7-12(18)16(9)17-13(19)10-5-1-2-6-11(10)14(17)20/h1-7H. The molecule has 2 heterocycles. The molecule has 96 valence electrons. The van der Waals surface area contributed by atoms with Gasteiger partial charge in [0.15, 0.2) is 0 Å².